The Kier molecular flexibility index (Phi) is 4.28. The van der Waals surface area contributed by atoms with Gasteiger partial charge in [-0.3, -0.25) is 0 Å². The monoisotopic (exact) mass is 284 g/mol. The van der Waals surface area contributed by atoms with E-state index in [0.717, 1.165) is 44.2 Å². The maximum absolute atomic E-state index is 5.75. The molecule has 0 radical (unpaired) electrons. The molecule has 3 rings (SSSR count). The second-order valence-electron chi connectivity index (χ2n) is 5.37. The molecule has 0 aromatic carbocycles. The number of hydrogen-bond donors (Lipinski definition) is 0. The number of hydrogen-bond acceptors (Lipinski definition) is 5. The summed E-state index contributed by atoms with van der Waals surface area (Å²) in [7, 11) is 0. The van der Waals surface area contributed by atoms with E-state index < -0.39 is 0 Å². The van der Waals surface area contributed by atoms with Crippen LogP contribution in [0.3, 0.4) is 0 Å². The van der Waals surface area contributed by atoms with E-state index in [1.807, 2.05) is 37.4 Å². The first-order valence-corrected chi connectivity index (χ1v) is 7.40. The lowest BCUT2D eigenvalue weighted by molar-refractivity contribution is 0.216. The molecule has 0 spiro atoms. The van der Waals surface area contributed by atoms with Gasteiger partial charge in [-0.2, -0.15) is 0 Å². The molecule has 0 unspecified atom stereocenters. The summed E-state index contributed by atoms with van der Waals surface area (Å²) in [5, 5.41) is 0. The standard InChI is InChI=1S/C16H20N4O/c1-13-17-9-5-15(19-13)20-10-6-14(7-11-20)12-21-16-4-2-3-8-18-16/h2-5,8-9,14H,6-7,10-12H2,1H3. The lowest BCUT2D eigenvalue weighted by atomic mass is 9.98. The van der Waals surface area contributed by atoms with Crippen molar-refractivity contribution in [2.75, 3.05) is 24.6 Å². The summed E-state index contributed by atoms with van der Waals surface area (Å²) in [6, 6.07) is 7.73. The molecule has 0 aliphatic carbocycles. The predicted molar refractivity (Wildman–Crippen MR) is 81.4 cm³/mol. The van der Waals surface area contributed by atoms with Gasteiger partial charge in [-0.05, 0) is 37.8 Å². The van der Waals surface area contributed by atoms with Crippen molar-refractivity contribution in [2.45, 2.75) is 19.8 Å². The first kappa shape index (κ1) is 13.8. The summed E-state index contributed by atoms with van der Waals surface area (Å²) in [5.41, 5.74) is 0. The van der Waals surface area contributed by atoms with Crippen LogP contribution in [0.1, 0.15) is 18.7 Å². The van der Waals surface area contributed by atoms with Crippen molar-refractivity contribution in [3.8, 4) is 5.88 Å². The van der Waals surface area contributed by atoms with E-state index in [9.17, 15) is 0 Å². The molecule has 1 fully saturated rings. The van der Waals surface area contributed by atoms with E-state index in [0.29, 0.717) is 11.8 Å². The van der Waals surface area contributed by atoms with E-state index in [2.05, 4.69) is 19.9 Å². The highest BCUT2D eigenvalue weighted by atomic mass is 16.5. The van der Waals surface area contributed by atoms with Gasteiger partial charge < -0.3 is 9.64 Å². The third kappa shape index (κ3) is 3.68. The number of piperidine rings is 1. The van der Waals surface area contributed by atoms with Crippen LogP contribution in [0.5, 0.6) is 5.88 Å². The molecule has 0 bridgehead atoms. The molecule has 2 aromatic heterocycles. The second kappa shape index (κ2) is 6.52. The molecule has 3 heterocycles. The van der Waals surface area contributed by atoms with E-state index in [-0.39, 0.29) is 0 Å². The number of anilines is 1. The van der Waals surface area contributed by atoms with Crippen LogP contribution in [-0.2, 0) is 0 Å². The average molecular weight is 284 g/mol. The molecular formula is C16H20N4O. The van der Waals surface area contributed by atoms with Crippen LogP contribution in [0.4, 0.5) is 5.82 Å². The normalized spacial score (nSPS) is 16.0. The van der Waals surface area contributed by atoms with Crippen molar-refractivity contribution in [2.24, 2.45) is 5.92 Å². The average Bonchev–Trinajstić information content (AvgIpc) is 2.54. The number of nitrogens with zero attached hydrogens (tertiary/aromatic N) is 4. The fourth-order valence-corrected chi connectivity index (χ4v) is 2.58. The van der Waals surface area contributed by atoms with Crippen LogP contribution in [0.2, 0.25) is 0 Å². The lowest BCUT2D eigenvalue weighted by Gasteiger charge is -2.32. The third-order valence-electron chi connectivity index (χ3n) is 3.80. The van der Waals surface area contributed by atoms with Gasteiger partial charge >= 0.3 is 0 Å². The van der Waals surface area contributed by atoms with Gasteiger partial charge in [0.1, 0.15) is 11.6 Å². The molecule has 2 aromatic rings. The third-order valence-corrected chi connectivity index (χ3v) is 3.80. The van der Waals surface area contributed by atoms with Crippen LogP contribution in [-0.4, -0.2) is 34.6 Å². The topological polar surface area (TPSA) is 51.1 Å². The molecule has 5 nitrogen and oxygen atoms in total. The van der Waals surface area contributed by atoms with Crippen molar-refractivity contribution in [1.82, 2.24) is 15.0 Å². The molecule has 1 aliphatic heterocycles. The summed E-state index contributed by atoms with van der Waals surface area (Å²) in [6.07, 6.45) is 5.83. The Morgan fingerprint density at radius 2 is 2.00 bits per heavy atom. The zero-order chi connectivity index (χ0) is 14.5. The first-order chi connectivity index (χ1) is 10.3. The Labute approximate surface area is 125 Å². The van der Waals surface area contributed by atoms with Gasteiger partial charge in [0.05, 0.1) is 6.61 Å². The minimum atomic E-state index is 0.589. The Hall–Kier alpha value is -2.17. The summed E-state index contributed by atoms with van der Waals surface area (Å²) < 4.78 is 5.75. The quantitative estimate of drug-likeness (QED) is 0.863. The fraction of sp³-hybridized carbons (Fsp3) is 0.438. The van der Waals surface area contributed by atoms with Crippen molar-refractivity contribution in [3.63, 3.8) is 0 Å². The van der Waals surface area contributed by atoms with E-state index in [1.54, 1.807) is 6.20 Å². The van der Waals surface area contributed by atoms with Crippen LogP contribution in [0.25, 0.3) is 0 Å². The highest BCUT2D eigenvalue weighted by molar-refractivity contribution is 5.37. The number of ether oxygens (including phenoxy) is 1. The summed E-state index contributed by atoms with van der Waals surface area (Å²) in [4.78, 5) is 15.1. The van der Waals surface area contributed by atoms with Crippen molar-refractivity contribution >= 4 is 5.82 Å². The van der Waals surface area contributed by atoms with Gasteiger partial charge in [0, 0.05) is 31.5 Å². The highest BCUT2D eigenvalue weighted by Gasteiger charge is 2.20. The van der Waals surface area contributed by atoms with E-state index >= 15 is 0 Å². The summed E-state index contributed by atoms with van der Waals surface area (Å²) in [6.45, 7) is 4.71. The number of pyridine rings is 1. The number of aromatic nitrogens is 3. The first-order valence-electron chi connectivity index (χ1n) is 7.40. The fourth-order valence-electron chi connectivity index (χ4n) is 2.58. The molecule has 1 aliphatic rings. The Bertz CT molecular complexity index is 567. The largest absolute Gasteiger partial charge is 0.477 e. The highest BCUT2D eigenvalue weighted by Crippen LogP contribution is 2.22. The zero-order valence-electron chi connectivity index (χ0n) is 12.3. The SMILES string of the molecule is Cc1nccc(N2CCC(COc3ccccn3)CC2)n1. The molecule has 0 saturated carbocycles. The predicted octanol–water partition coefficient (Wildman–Crippen LogP) is 2.48. The van der Waals surface area contributed by atoms with Gasteiger partial charge in [-0.1, -0.05) is 6.07 Å². The maximum Gasteiger partial charge on any atom is 0.213 e. The van der Waals surface area contributed by atoms with Gasteiger partial charge in [-0.25, -0.2) is 15.0 Å². The molecule has 1 saturated heterocycles. The van der Waals surface area contributed by atoms with Gasteiger partial charge in [0.25, 0.3) is 0 Å². The molecule has 21 heavy (non-hydrogen) atoms. The summed E-state index contributed by atoms with van der Waals surface area (Å²) in [5.74, 6) is 3.16. The minimum Gasteiger partial charge on any atom is -0.477 e. The number of aryl methyl sites for hydroxylation is 1. The Morgan fingerprint density at radius 1 is 1.14 bits per heavy atom. The van der Waals surface area contributed by atoms with E-state index in [4.69, 9.17) is 4.74 Å². The minimum absolute atomic E-state index is 0.589. The van der Waals surface area contributed by atoms with Crippen LogP contribution in [0.15, 0.2) is 36.7 Å². The smallest absolute Gasteiger partial charge is 0.213 e. The molecule has 0 amide bonds. The van der Waals surface area contributed by atoms with Crippen molar-refractivity contribution < 1.29 is 4.74 Å². The van der Waals surface area contributed by atoms with Crippen LogP contribution < -0.4 is 9.64 Å². The zero-order valence-corrected chi connectivity index (χ0v) is 12.3. The van der Waals surface area contributed by atoms with Crippen LogP contribution >= 0.6 is 0 Å². The lowest BCUT2D eigenvalue weighted by Crippen LogP contribution is -2.36. The van der Waals surface area contributed by atoms with Crippen molar-refractivity contribution in [3.05, 3.63) is 42.5 Å². The molecule has 5 heteroatoms. The van der Waals surface area contributed by atoms with E-state index in [1.165, 1.54) is 0 Å². The summed E-state index contributed by atoms with van der Waals surface area (Å²) >= 11 is 0. The molecule has 0 N–H and O–H groups in total. The van der Waals surface area contributed by atoms with Gasteiger partial charge in [0.15, 0.2) is 0 Å². The molecule has 110 valence electrons. The Morgan fingerprint density at radius 3 is 2.71 bits per heavy atom. The van der Waals surface area contributed by atoms with Gasteiger partial charge in [-0.15, -0.1) is 0 Å². The molecule has 0 atom stereocenters. The van der Waals surface area contributed by atoms with Crippen molar-refractivity contribution in [1.29, 1.82) is 0 Å². The maximum atomic E-state index is 5.75. The number of rotatable bonds is 4. The molecular weight excluding hydrogens is 264 g/mol. The second-order valence-corrected chi connectivity index (χ2v) is 5.37. The van der Waals surface area contributed by atoms with Gasteiger partial charge in [0.2, 0.25) is 5.88 Å². The van der Waals surface area contributed by atoms with Crippen LogP contribution in [0, 0.1) is 12.8 Å². The Balaban J connectivity index is 1.49.